The van der Waals surface area contributed by atoms with Crippen LogP contribution in [0.2, 0.25) is 0 Å². The molecule has 0 saturated carbocycles. The van der Waals surface area contributed by atoms with E-state index in [0.29, 0.717) is 5.13 Å². The van der Waals surface area contributed by atoms with E-state index in [1.807, 2.05) is 25.1 Å². The molecule has 0 saturated heterocycles. The number of nitro groups is 1. The molecule has 1 amide bonds. The number of nitrogens with zero attached hydrogens (tertiary/aromatic N) is 2. The van der Waals surface area contributed by atoms with Crippen LogP contribution in [0.4, 0.5) is 10.8 Å². The molecule has 3 aromatic rings. The molecule has 0 fully saturated rings. The van der Waals surface area contributed by atoms with Crippen molar-refractivity contribution >= 4 is 38.3 Å². The zero-order valence-corrected chi connectivity index (χ0v) is 12.4. The summed E-state index contributed by atoms with van der Waals surface area (Å²) in [5.74, 6) is -0.417. The molecule has 2 aromatic carbocycles. The standard InChI is InChI=1S/C15H11N3O3S/c1-9-5-6-12-13(7-9)22-15(16-12)17-14(19)10-3-2-4-11(8-10)18(20)21/h2-8H,1H3,(H,16,17,19). The molecule has 0 aliphatic carbocycles. The number of carbonyl (C=O) groups is 1. The zero-order valence-electron chi connectivity index (χ0n) is 11.6. The first-order chi connectivity index (χ1) is 10.5. The number of hydrogen-bond acceptors (Lipinski definition) is 5. The highest BCUT2D eigenvalue weighted by atomic mass is 32.1. The van der Waals surface area contributed by atoms with Gasteiger partial charge in [-0.1, -0.05) is 23.5 Å². The minimum Gasteiger partial charge on any atom is -0.298 e. The van der Waals surface area contributed by atoms with E-state index >= 15 is 0 Å². The number of amides is 1. The predicted molar refractivity (Wildman–Crippen MR) is 85.4 cm³/mol. The molecule has 7 heteroatoms. The number of aromatic nitrogens is 1. The molecule has 0 spiro atoms. The van der Waals surface area contributed by atoms with Gasteiger partial charge < -0.3 is 0 Å². The highest BCUT2D eigenvalue weighted by Gasteiger charge is 2.13. The second kappa shape index (κ2) is 5.53. The first-order valence-corrected chi connectivity index (χ1v) is 7.27. The minimum absolute atomic E-state index is 0.118. The fourth-order valence-corrected chi connectivity index (χ4v) is 2.97. The number of non-ortho nitro benzene ring substituents is 1. The quantitative estimate of drug-likeness (QED) is 0.589. The maximum Gasteiger partial charge on any atom is 0.270 e. The lowest BCUT2D eigenvalue weighted by atomic mass is 10.2. The fourth-order valence-electron chi connectivity index (χ4n) is 2.02. The number of nitro benzene ring substituents is 1. The van der Waals surface area contributed by atoms with Crippen molar-refractivity contribution in [2.45, 2.75) is 6.92 Å². The Hall–Kier alpha value is -2.80. The largest absolute Gasteiger partial charge is 0.298 e. The second-order valence-electron chi connectivity index (χ2n) is 4.75. The molecule has 1 heterocycles. The van der Waals surface area contributed by atoms with Gasteiger partial charge in [0.15, 0.2) is 5.13 Å². The van der Waals surface area contributed by atoms with Crippen LogP contribution in [0, 0.1) is 17.0 Å². The van der Waals surface area contributed by atoms with Gasteiger partial charge in [-0.05, 0) is 30.7 Å². The van der Waals surface area contributed by atoms with Crippen molar-refractivity contribution in [2.24, 2.45) is 0 Å². The van der Waals surface area contributed by atoms with E-state index < -0.39 is 10.8 Å². The number of carbonyl (C=O) groups excluding carboxylic acids is 1. The molecule has 0 aliphatic heterocycles. The van der Waals surface area contributed by atoms with Gasteiger partial charge in [-0.3, -0.25) is 20.2 Å². The number of nitrogens with one attached hydrogen (secondary N) is 1. The van der Waals surface area contributed by atoms with Crippen LogP contribution in [0.3, 0.4) is 0 Å². The van der Waals surface area contributed by atoms with Crippen LogP contribution in [0.25, 0.3) is 10.2 Å². The molecular weight excluding hydrogens is 302 g/mol. The number of fused-ring (bicyclic) bond motifs is 1. The molecule has 1 aromatic heterocycles. The maximum absolute atomic E-state index is 12.2. The van der Waals surface area contributed by atoms with Crippen molar-refractivity contribution in [3.8, 4) is 0 Å². The van der Waals surface area contributed by atoms with Gasteiger partial charge in [-0.15, -0.1) is 0 Å². The summed E-state index contributed by atoms with van der Waals surface area (Å²) in [5.41, 5.74) is 2.04. The number of thiazole rings is 1. The van der Waals surface area contributed by atoms with E-state index in [0.717, 1.165) is 15.8 Å². The molecule has 1 N–H and O–H groups in total. The van der Waals surface area contributed by atoms with Gasteiger partial charge >= 0.3 is 0 Å². The first kappa shape index (κ1) is 14.2. The van der Waals surface area contributed by atoms with Crippen LogP contribution < -0.4 is 5.32 Å². The first-order valence-electron chi connectivity index (χ1n) is 6.46. The molecule has 110 valence electrons. The van der Waals surface area contributed by atoms with Gasteiger partial charge in [-0.25, -0.2) is 4.98 Å². The molecule has 0 unspecified atom stereocenters. The SMILES string of the molecule is Cc1ccc2nc(NC(=O)c3cccc([N+](=O)[O-])c3)sc2c1. The van der Waals surface area contributed by atoms with E-state index in [-0.39, 0.29) is 11.3 Å². The van der Waals surface area contributed by atoms with Crippen LogP contribution in [-0.4, -0.2) is 15.8 Å². The van der Waals surface area contributed by atoms with Crippen molar-refractivity contribution in [1.29, 1.82) is 0 Å². The van der Waals surface area contributed by atoms with Crippen LogP contribution in [0.15, 0.2) is 42.5 Å². The third-order valence-electron chi connectivity index (χ3n) is 3.08. The predicted octanol–water partition coefficient (Wildman–Crippen LogP) is 3.77. The van der Waals surface area contributed by atoms with Crippen molar-refractivity contribution in [2.75, 3.05) is 5.32 Å². The Morgan fingerprint density at radius 2 is 2.09 bits per heavy atom. The molecule has 22 heavy (non-hydrogen) atoms. The average molecular weight is 313 g/mol. The lowest BCUT2D eigenvalue weighted by Gasteiger charge is -2.01. The Morgan fingerprint density at radius 3 is 2.86 bits per heavy atom. The number of benzene rings is 2. The van der Waals surface area contributed by atoms with Crippen molar-refractivity contribution in [3.63, 3.8) is 0 Å². The lowest BCUT2D eigenvalue weighted by Crippen LogP contribution is -2.11. The minimum atomic E-state index is -0.531. The van der Waals surface area contributed by atoms with Gasteiger partial charge in [0.1, 0.15) is 0 Å². The van der Waals surface area contributed by atoms with Crippen LogP contribution in [0.1, 0.15) is 15.9 Å². The number of aryl methyl sites for hydroxylation is 1. The van der Waals surface area contributed by atoms with E-state index in [1.54, 1.807) is 0 Å². The van der Waals surface area contributed by atoms with Crippen LogP contribution in [0.5, 0.6) is 0 Å². The maximum atomic E-state index is 12.2. The van der Waals surface area contributed by atoms with Crippen LogP contribution >= 0.6 is 11.3 Å². The lowest BCUT2D eigenvalue weighted by molar-refractivity contribution is -0.384. The topological polar surface area (TPSA) is 85.1 Å². The van der Waals surface area contributed by atoms with E-state index in [1.165, 1.54) is 35.6 Å². The second-order valence-corrected chi connectivity index (χ2v) is 5.78. The smallest absolute Gasteiger partial charge is 0.270 e. The van der Waals surface area contributed by atoms with Gasteiger partial charge in [-0.2, -0.15) is 0 Å². The molecular formula is C15H11N3O3S. The Kier molecular flexibility index (Phi) is 3.56. The van der Waals surface area contributed by atoms with Crippen molar-refractivity contribution < 1.29 is 9.72 Å². The van der Waals surface area contributed by atoms with Gasteiger partial charge in [0.05, 0.1) is 15.1 Å². The van der Waals surface area contributed by atoms with Crippen molar-refractivity contribution in [1.82, 2.24) is 4.98 Å². The summed E-state index contributed by atoms with van der Waals surface area (Å²) in [6.07, 6.45) is 0. The molecule has 0 bridgehead atoms. The van der Waals surface area contributed by atoms with Gasteiger partial charge in [0.2, 0.25) is 0 Å². The summed E-state index contributed by atoms with van der Waals surface area (Å²) in [4.78, 5) is 26.7. The molecule has 0 radical (unpaired) electrons. The molecule has 3 rings (SSSR count). The summed E-state index contributed by atoms with van der Waals surface area (Å²) in [5, 5.41) is 13.9. The number of rotatable bonds is 3. The summed E-state index contributed by atoms with van der Waals surface area (Å²) in [7, 11) is 0. The number of anilines is 1. The summed E-state index contributed by atoms with van der Waals surface area (Å²) >= 11 is 1.37. The third-order valence-corrected chi connectivity index (χ3v) is 4.02. The third kappa shape index (κ3) is 2.79. The highest BCUT2D eigenvalue weighted by molar-refractivity contribution is 7.22. The Morgan fingerprint density at radius 1 is 1.27 bits per heavy atom. The Bertz CT molecular complexity index is 889. The summed E-state index contributed by atoms with van der Waals surface area (Å²) < 4.78 is 0.981. The Balaban J connectivity index is 1.86. The van der Waals surface area contributed by atoms with E-state index in [9.17, 15) is 14.9 Å². The normalized spacial score (nSPS) is 10.6. The Labute approximate surface area is 129 Å². The fraction of sp³-hybridized carbons (Fsp3) is 0.0667. The zero-order chi connectivity index (χ0) is 15.7. The molecule has 0 atom stereocenters. The molecule has 6 nitrogen and oxygen atoms in total. The highest BCUT2D eigenvalue weighted by Crippen LogP contribution is 2.27. The summed E-state index contributed by atoms with van der Waals surface area (Å²) in [6.45, 7) is 1.99. The van der Waals surface area contributed by atoms with Crippen molar-refractivity contribution in [3.05, 3.63) is 63.7 Å². The monoisotopic (exact) mass is 313 g/mol. The van der Waals surface area contributed by atoms with Gasteiger partial charge in [0.25, 0.3) is 11.6 Å². The van der Waals surface area contributed by atoms with Gasteiger partial charge in [0, 0.05) is 17.7 Å². The summed E-state index contributed by atoms with van der Waals surface area (Å²) in [6, 6.07) is 11.4. The number of hydrogen-bond donors (Lipinski definition) is 1. The molecule has 0 aliphatic rings. The van der Waals surface area contributed by atoms with E-state index in [4.69, 9.17) is 0 Å². The van der Waals surface area contributed by atoms with Crippen LogP contribution in [-0.2, 0) is 0 Å². The van der Waals surface area contributed by atoms with E-state index in [2.05, 4.69) is 10.3 Å². The average Bonchev–Trinajstić information content (AvgIpc) is 2.88.